The van der Waals surface area contributed by atoms with Gasteiger partial charge in [0.2, 0.25) is 0 Å². The van der Waals surface area contributed by atoms with Crippen molar-refractivity contribution < 1.29 is 0 Å². The van der Waals surface area contributed by atoms with Gasteiger partial charge in [-0.2, -0.15) is 0 Å². The molecule has 0 saturated carbocycles. The number of nitrogens with one attached hydrogen (secondary N) is 1. The molecule has 0 bridgehead atoms. The predicted molar refractivity (Wildman–Crippen MR) is 204 cm³/mol. The van der Waals surface area contributed by atoms with Crippen LogP contribution in [0.25, 0.3) is 89.0 Å². The summed E-state index contributed by atoms with van der Waals surface area (Å²) in [6, 6.07) is 61.9. The topological polar surface area (TPSA) is 41.6 Å². The summed E-state index contributed by atoms with van der Waals surface area (Å²) >= 11 is 0. The molecule has 3 nitrogen and oxygen atoms in total. The van der Waals surface area contributed by atoms with Gasteiger partial charge in [0.15, 0.2) is 5.82 Å². The summed E-state index contributed by atoms with van der Waals surface area (Å²) in [5.41, 5.74) is 11.9. The molecular formula is C46H31N3. The molecular weight excluding hydrogens is 595 g/mol. The second-order valence-electron chi connectivity index (χ2n) is 12.3. The molecule has 0 unspecified atom stereocenters. The Morgan fingerprint density at radius 2 is 0.857 bits per heavy atom. The van der Waals surface area contributed by atoms with Gasteiger partial charge in [-0.3, -0.25) is 0 Å². The zero-order chi connectivity index (χ0) is 32.6. The van der Waals surface area contributed by atoms with Gasteiger partial charge in [-0.05, 0) is 50.0 Å². The smallest absolute Gasteiger partial charge is 0.160 e. The standard InChI is InChI=1S/C46H31N3/c1-2-10-35(11-3-1)43-29-44(49-46(48-43)38-27-21-34(22-28-38)41-16-8-13-33-9-4-6-14-40(33)41)36-23-17-31(18-24-36)32-19-25-37(26-20-32)45-42-15-7-5-12-39(42)30-47-45/h1-30,47H. The number of aromatic amines is 1. The Hall–Kier alpha value is -6.58. The number of rotatable bonds is 6. The summed E-state index contributed by atoms with van der Waals surface area (Å²) in [4.78, 5) is 13.6. The first-order chi connectivity index (χ1) is 24.3. The quantitative estimate of drug-likeness (QED) is 0.200. The molecule has 2 aromatic heterocycles. The molecule has 7 aromatic carbocycles. The fourth-order valence-electron chi connectivity index (χ4n) is 6.74. The first-order valence-electron chi connectivity index (χ1n) is 16.6. The molecule has 0 radical (unpaired) electrons. The molecule has 49 heavy (non-hydrogen) atoms. The molecule has 0 aliphatic carbocycles. The van der Waals surface area contributed by atoms with Crippen LogP contribution in [0.1, 0.15) is 0 Å². The van der Waals surface area contributed by atoms with Crippen molar-refractivity contribution in [3.8, 4) is 67.4 Å². The molecule has 0 amide bonds. The predicted octanol–water partition coefficient (Wildman–Crippen LogP) is 12.1. The lowest BCUT2D eigenvalue weighted by molar-refractivity contribution is 1.18. The Morgan fingerprint density at radius 1 is 0.347 bits per heavy atom. The van der Waals surface area contributed by atoms with Gasteiger partial charge in [0, 0.05) is 28.3 Å². The molecule has 9 rings (SSSR count). The van der Waals surface area contributed by atoms with Crippen LogP contribution in [0, 0.1) is 0 Å². The van der Waals surface area contributed by atoms with E-state index in [4.69, 9.17) is 9.97 Å². The van der Waals surface area contributed by atoms with E-state index in [-0.39, 0.29) is 0 Å². The fourth-order valence-corrected chi connectivity index (χ4v) is 6.74. The fraction of sp³-hybridized carbons (Fsp3) is 0. The van der Waals surface area contributed by atoms with Crippen molar-refractivity contribution in [2.75, 3.05) is 0 Å². The van der Waals surface area contributed by atoms with Gasteiger partial charge in [-0.1, -0.05) is 170 Å². The molecule has 9 aromatic rings. The van der Waals surface area contributed by atoms with Gasteiger partial charge < -0.3 is 4.98 Å². The molecule has 3 heteroatoms. The van der Waals surface area contributed by atoms with Gasteiger partial charge in [0.1, 0.15) is 0 Å². The Labute approximate surface area is 285 Å². The summed E-state index contributed by atoms with van der Waals surface area (Å²) in [7, 11) is 0. The van der Waals surface area contributed by atoms with Crippen LogP contribution in [-0.4, -0.2) is 15.0 Å². The first kappa shape index (κ1) is 28.6. The third kappa shape index (κ3) is 5.48. The highest BCUT2D eigenvalue weighted by atomic mass is 14.9. The van der Waals surface area contributed by atoms with Crippen LogP contribution >= 0.6 is 0 Å². The number of aromatic nitrogens is 3. The lowest BCUT2D eigenvalue weighted by Gasteiger charge is -2.11. The van der Waals surface area contributed by atoms with Crippen molar-refractivity contribution in [3.05, 3.63) is 182 Å². The monoisotopic (exact) mass is 625 g/mol. The Balaban J connectivity index is 1.04. The number of nitrogens with zero attached hydrogens (tertiary/aromatic N) is 2. The van der Waals surface area contributed by atoms with Gasteiger partial charge >= 0.3 is 0 Å². The van der Waals surface area contributed by atoms with Crippen LogP contribution in [0.3, 0.4) is 0 Å². The van der Waals surface area contributed by atoms with Crippen LogP contribution < -0.4 is 0 Å². The molecule has 230 valence electrons. The van der Waals surface area contributed by atoms with Crippen molar-refractivity contribution in [1.29, 1.82) is 0 Å². The van der Waals surface area contributed by atoms with Crippen LogP contribution in [0.15, 0.2) is 182 Å². The van der Waals surface area contributed by atoms with Crippen molar-refractivity contribution in [3.63, 3.8) is 0 Å². The summed E-state index contributed by atoms with van der Waals surface area (Å²) in [6.07, 6.45) is 2.07. The highest BCUT2D eigenvalue weighted by Gasteiger charge is 2.13. The van der Waals surface area contributed by atoms with E-state index in [0.29, 0.717) is 5.82 Å². The molecule has 1 N–H and O–H groups in total. The summed E-state index contributed by atoms with van der Waals surface area (Å²) in [5, 5.41) is 4.94. The summed E-state index contributed by atoms with van der Waals surface area (Å²) in [5.74, 6) is 0.706. The Kier molecular flexibility index (Phi) is 7.14. The highest BCUT2D eigenvalue weighted by molar-refractivity contribution is 5.97. The van der Waals surface area contributed by atoms with Crippen molar-refractivity contribution in [2.45, 2.75) is 0 Å². The van der Waals surface area contributed by atoms with E-state index in [0.717, 1.165) is 39.3 Å². The second-order valence-corrected chi connectivity index (χ2v) is 12.3. The maximum absolute atomic E-state index is 5.10. The molecule has 0 fully saturated rings. The van der Waals surface area contributed by atoms with Crippen LogP contribution in [0.2, 0.25) is 0 Å². The van der Waals surface area contributed by atoms with Crippen LogP contribution in [-0.2, 0) is 0 Å². The molecule has 0 saturated heterocycles. The van der Waals surface area contributed by atoms with E-state index >= 15 is 0 Å². The average molecular weight is 626 g/mol. The average Bonchev–Trinajstić information content (AvgIpc) is 3.62. The summed E-state index contributed by atoms with van der Waals surface area (Å²) < 4.78 is 0. The number of H-pyrrole nitrogens is 1. The maximum atomic E-state index is 5.10. The Bertz CT molecular complexity index is 2560. The van der Waals surface area contributed by atoms with Gasteiger partial charge in [-0.25, -0.2) is 9.97 Å². The van der Waals surface area contributed by atoms with E-state index < -0.39 is 0 Å². The van der Waals surface area contributed by atoms with E-state index in [1.807, 2.05) is 18.2 Å². The SMILES string of the molecule is c1ccc(-c2cc(-c3ccc(-c4ccc(-c5[nH]cc6ccccc56)cc4)cc3)nc(-c3ccc(-c4cccc5ccccc45)cc3)n2)cc1. The largest absolute Gasteiger partial charge is 0.360 e. The van der Waals surface area contributed by atoms with E-state index in [1.54, 1.807) is 0 Å². The summed E-state index contributed by atoms with van der Waals surface area (Å²) in [6.45, 7) is 0. The molecule has 0 atom stereocenters. The first-order valence-corrected chi connectivity index (χ1v) is 16.6. The molecule has 0 spiro atoms. The molecule has 2 heterocycles. The second kappa shape index (κ2) is 12.2. The number of hydrogen-bond donors (Lipinski definition) is 1. The van der Waals surface area contributed by atoms with Crippen LogP contribution in [0.5, 0.6) is 0 Å². The van der Waals surface area contributed by atoms with Gasteiger partial charge in [0.05, 0.1) is 17.1 Å². The normalized spacial score (nSPS) is 11.3. The lowest BCUT2D eigenvalue weighted by atomic mass is 9.97. The Morgan fingerprint density at radius 3 is 1.57 bits per heavy atom. The lowest BCUT2D eigenvalue weighted by Crippen LogP contribution is -1.96. The van der Waals surface area contributed by atoms with Crippen molar-refractivity contribution in [2.24, 2.45) is 0 Å². The van der Waals surface area contributed by atoms with Crippen molar-refractivity contribution >= 4 is 21.5 Å². The zero-order valence-electron chi connectivity index (χ0n) is 26.7. The highest BCUT2D eigenvalue weighted by Crippen LogP contribution is 2.34. The van der Waals surface area contributed by atoms with E-state index in [1.165, 1.54) is 43.8 Å². The minimum atomic E-state index is 0.706. The zero-order valence-corrected chi connectivity index (χ0v) is 26.7. The van der Waals surface area contributed by atoms with Crippen molar-refractivity contribution in [1.82, 2.24) is 15.0 Å². The van der Waals surface area contributed by atoms with Gasteiger partial charge in [-0.15, -0.1) is 0 Å². The van der Waals surface area contributed by atoms with E-state index in [2.05, 4.69) is 169 Å². The number of fused-ring (bicyclic) bond motifs is 2. The minimum Gasteiger partial charge on any atom is -0.360 e. The molecule has 0 aliphatic heterocycles. The maximum Gasteiger partial charge on any atom is 0.160 e. The minimum absolute atomic E-state index is 0.706. The third-order valence-corrected chi connectivity index (χ3v) is 9.33. The van der Waals surface area contributed by atoms with E-state index in [9.17, 15) is 0 Å². The molecule has 0 aliphatic rings. The van der Waals surface area contributed by atoms with Crippen LogP contribution in [0.4, 0.5) is 0 Å². The van der Waals surface area contributed by atoms with Gasteiger partial charge in [0.25, 0.3) is 0 Å². The number of hydrogen-bond acceptors (Lipinski definition) is 2. The third-order valence-electron chi connectivity index (χ3n) is 9.33. The number of benzene rings is 7.